The molecular formula is C20H23FN2O3S2. The van der Waals surface area contributed by atoms with E-state index in [9.17, 15) is 17.6 Å². The van der Waals surface area contributed by atoms with Gasteiger partial charge in [0.2, 0.25) is 15.9 Å². The molecular weight excluding hydrogens is 399 g/mol. The molecule has 1 saturated heterocycles. The Hall–Kier alpha value is -1.90. The van der Waals surface area contributed by atoms with Crippen LogP contribution in [0.3, 0.4) is 0 Å². The van der Waals surface area contributed by atoms with Crippen molar-refractivity contribution in [1.29, 1.82) is 0 Å². The van der Waals surface area contributed by atoms with Crippen LogP contribution < -0.4 is 0 Å². The Balaban J connectivity index is 1.58. The average Bonchev–Trinajstić information content (AvgIpc) is 2.94. The van der Waals surface area contributed by atoms with Gasteiger partial charge in [-0.25, -0.2) is 12.8 Å². The van der Waals surface area contributed by atoms with E-state index < -0.39 is 15.8 Å². The van der Waals surface area contributed by atoms with Gasteiger partial charge in [0.05, 0.1) is 10.6 Å². The fourth-order valence-corrected chi connectivity index (χ4v) is 5.28. The van der Waals surface area contributed by atoms with Crippen molar-refractivity contribution in [1.82, 2.24) is 9.21 Å². The number of hydrogen-bond acceptors (Lipinski definition) is 4. The van der Waals surface area contributed by atoms with Gasteiger partial charge in [0.1, 0.15) is 5.82 Å². The molecule has 5 nitrogen and oxygen atoms in total. The van der Waals surface area contributed by atoms with Gasteiger partial charge in [-0.05, 0) is 49.7 Å². The van der Waals surface area contributed by atoms with Crippen molar-refractivity contribution in [3.8, 4) is 0 Å². The maximum atomic E-state index is 13.1. The number of rotatable bonds is 5. The largest absolute Gasteiger partial charge is 0.341 e. The number of thioether (sulfide) groups is 1. The van der Waals surface area contributed by atoms with Crippen LogP contribution in [0.1, 0.15) is 12.0 Å². The minimum atomic E-state index is -3.69. The van der Waals surface area contributed by atoms with Gasteiger partial charge in [0.25, 0.3) is 0 Å². The van der Waals surface area contributed by atoms with Gasteiger partial charge in [-0.2, -0.15) is 4.31 Å². The first-order valence-electron chi connectivity index (χ1n) is 9.09. The third-order valence-electron chi connectivity index (χ3n) is 4.64. The molecule has 3 rings (SSSR count). The number of benzene rings is 2. The summed E-state index contributed by atoms with van der Waals surface area (Å²) in [5.41, 5.74) is 1.17. The number of aryl methyl sites for hydroxylation is 1. The van der Waals surface area contributed by atoms with Crippen LogP contribution in [-0.2, 0) is 14.8 Å². The molecule has 1 aliphatic heterocycles. The number of halogens is 1. The van der Waals surface area contributed by atoms with E-state index in [2.05, 4.69) is 0 Å². The first kappa shape index (κ1) is 20.8. The Morgan fingerprint density at radius 2 is 1.68 bits per heavy atom. The van der Waals surface area contributed by atoms with E-state index in [-0.39, 0.29) is 17.3 Å². The molecule has 1 aliphatic rings. The molecule has 0 radical (unpaired) electrons. The minimum Gasteiger partial charge on any atom is -0.341 e. The van der Waals surface area contributed by atoms with Gasteiger partial charge in [0, 0.05) is 31.1 Å². The predicted molar refractivity (Wildman–Crippen MR) is 108 cm³/mol. The number of hydrogen-bond donors (Lipinski definition) is 0. The van der Waals surface area contributed by atoms with E-state index >= 15 is 0 Å². The summed E-state index contributed by atoms with van der Waals surface area (Å²) in [6.07, 6.45) is 0.571. The van der Waals surface area contributed by atoms with Crippen molar-refractivity contribution >= 4 is 27.7 Å². The van der Waals surface area contributed by atoms with Crippen LogP contribution >= 0.6 is 11.8 Å². The summed E-state index contributed by atoms with van der Waals surface area (Å²) in [5.74, 6) is -0.141. The lowest BCUT2D eigenvalue weighted by molar-refractivity contribution is -0.128. The molecule has 8 heteroatoms. The second-order valence-electron chi connectivity index (χ2n) is 6.69. The van der Waals surface area contributed by atoms with Crippen LogP contribution in [0.5, 0.6) is 0 Å². The van der Waals surface area contributed by atoms with E-state index in [1.807, 2.05) is 31.2 Å². The topological polar surface area (TPSA) is 57.7 Å². The molecule has 28 heavy (non-hydrogen) atoms. The fourth-order valence-electron chi connectivity index (χ4n) is 3.01. The number of carbonyl (C=O) groups excluding carboxylic acids is 1. The number of sulfonamides is 1. The van der Waals surface area contributed by atoms with E-state index in [1.165, 1.54) is 33.8 Å². The van der Waals surface area contributed by atoms with Crippen LogP contribution in [0.2, 0.25) is 0 Å². The van der Waals surface area contributed by atoms with Crippen molar-refractivity contribution in [3.63, 3.8) is 0 Å². The first-order valence-corrected chi connectivity index (χ1v) is 11.5. The monoisotopic (exact) mass is 422 g/mol. The third-order valence-corrected chi connectivity index (χ3v) is 7.55. The molecule has 1 amide bonds. The lowest BCUT2D eigenvalue weighted by atomic mass is 10.2. The lowest BCUT2D eigenvalue weighted by Gasteiger charge is -2.22. The van der Waals surface area contributed by atoms with Gasteiger partial charge in [-0.15, -0.1) is 11.8 Å². The number of amides is 1. The van der Waals surface area contributed by atoms with E-state index in [0.29, 0.717) is 31.8 Å². The SMILES string of the molecule is Cc1ccc(SCC(=O)N2CCCN(S(=O)(=O)c3ccc(F)cc3)CC2)cc1. The van der Waals surface area contributed by atoms with Gasteiger partial charge >= 0.3 is 0 Å². The highest BCUT2D eigenvalue weighted by Crippen LogP contribution is 2.21. The molecule has 2 aromatic rings. The summed E-state index contributed by atoms with van der Waals surface area (Å²) >= 11 is 1.48. The van der Waals surface area contributed by atoms with Gasteiger partial charge in [-0.3, -0.25) is 4.79 Å². The molecule has 1 fully saturated rings. The van der Waals surface area contributed by atoms with E-state index in [0.717, 1.165) is 17.0 Å². The maximum absolute atomic E-state index is 13.1. The molecule has 0 saturated carbocycles. The summed E-state index contributed by atoms with van der Waals surface area (Å²) in [6, 6.07) is 12.8. The highest BCUT2D eigenvalue weighted by Gasteiger charge is 2.28. The standard InChI is InChI=1S/C20H23FN2O3S2/c1-16-3-7-18(8-4-16)27-15-20(24)22-11-2-12-23(14-13-22)28(25,26)19-9-5-17(21)6-10-19/h3-10H,2,11-15H2,1H3. The van der Waals surface area contributed by atoms with E-state index in [4.69, 9.17) is 0 Å². The maximum Gasteiger partial charge on any atom is 0.243 e. The number of carbonyl (C=O) groups is 1. The normalized spacial score (nSPS) is 16.0. The molecule has 0 bridgehead atoms. The quantitative estimate of drug-likeness (QED) is 0.695. The summed E-state index contributed by atoms with van der Waals surface area (Å²) in [4.78, 5) is 15.4. The average molecular weight is 423 g/mol. The smallest absolute Gasteiger partial charge is 0.243 e. The lowest BCUT2D eigenvalue weighted by Crippen LogP contribution is -2.38. The Morgan fingerprint density at radius 1 is 1.00 bits per heavy atom. The van der Waals surface area contributed by atoms with Crippen molar-refractivity contribution in [2.45, 2.75) is 23.1 Å². The Kier molecular flexibility index (Phi) is 6.74. The Bertz CT molecular complexity index is 915. The summed E-state index contributed by atoms with van der Waals surface area (Å²) in [7, 11) is -3.69. The highest BCUT2D eigenvalue weighted by molar-refractivity contribution is 8.00. The van der Waals surface area contributed by atoms with Crippen molar-refractivity contribution in [2.75, 3.05) is 31.9 Å². The third kappa shape index (κ3) is 5.12. The van der Waals surface area contributed by atoms with Crippen LogP contribution in [0, 0.1) is 12.7 Å². The highest BCUT2D eigenvalue weighted by atomic mass is 32.2. The Labute approximate surface area is 169 Å². The molecule has 0 atom stereocenters. The van der Waals surface area contributed by atoms with Gasteiger partial charge < -0.3 is 4.90 Å². The number of nitrogens with zero attached hydrogens (tertiary/aromatic N) is 2. The molecule has 1 heterocycles. The molecule has 0 N–H and O–H groups in total. The Morgan fingerprint density at radius 3 is 2.36 bits per heavy atom. The summed E-state index contributed by atoms with van der Waals surface area (Å²) in [6.45, 7) is 3.48. The van der Waals surface area contributed by atoms with Crippen LogP contribution in [0.4, 0.5) is 4.39 Å². The first-order chi connectivity index (χ1) is 13.4. The summed E-state index contributed by atoms with van der Waals surface area (Å²) in [5, 5.41) is 0. The summed E-state index contributed by atoms with van der Waals surface area (Å²) < 4.78 is 40.0. The van der Waals surface area contributed by atoms with Gasteiger partial charge in [0.15, 0.2) is 0 Å². The predicted octanol–water partition coefficient (Wildman–Crippen LogP) is 3.15. The van der Waals surface area contributed by atoms with Crippen molar-refractivity contribution in [3.05, 3.63) is 59.9 Å². The molecule has 0 spiro atoms. The van der Waals surface area contributed by atoms with Crippen molar-refractivity contribution < 1.29 is 17.6 Å². The van der Waals surface area contributed by atoms with Crippen LogP contribution in [0.25, 0.3) is 0 Å². The van der Waals surface area contributed by atoms with Gasteiger partial charge in [-0.1, -0.05) is 17.7 Å². The second-order valence-corrected chi connectivity index (χ2v) is 9.68. The fraction of sp³-hybridized carbons (Fsp3) is 0.350. The zero-order chi connectivity index (χ0) is 20.1. The van der Waals surface area contributed by atoms with Crippen molar-refractivity contribution in [2.24, 2.45) is 0 Å². The second kappa shape index (κ2) is 9.07. The molecule has 0 aromatic heterocycles. The zero-order valence-corrected chi connectivity index (χ0v) is 17.3. The van der Waals surface area contributed by atoms with Crippen LogP contribution in [-0.4, -0.2) is 55.5 Å². The molecule has 2 aromatic carbocycles. The molecule has 0 aliphatic carbocycles. The molecule has 150 valence electrons. The minimum absolute atomic E-state index is 0.00612. The zero-order valence-electron chi connectivity index (χ0n) is 15.7. The van der Waals surface area contributed by atoms with E-state index in [1.54, 1.807) is 4.90 Å². The molecule has 0 unspecified atom stereocenters. The van der Waals surface area contributed by atoms with Crippen LogP contribution in [0.15, 0.2) is 58.3 Å².